The maximum absolute atomic E-state index is 6.37. The molecule has 112 valence electrons. The molecule has 2 aromatic rings. The van der Waals surface area contributed by atoms with Gasteiger partial charge in [-0.3, -0.25) is 0 Å². The summed E-state index contributed by atoms with van der Waals surface area (Å²) in [7, 11) is 0. The molecule has 1 nitrogen and oxygen atoms in total. The van der Waals surface area contributed by atoms with Gasteiger partial charge < -0.3 is 5.32 Å². The largest absolute Gasteiger partial charge is 0.306 e. The van der Waals surface area contributed by atoms with Crippen molar-refractivity contribution in [3.63, 3.8) is 0 Å². The summed E-state index contributed by atoms with van der Waals surface area (Å²) in [6.45, 7) is 4.96. The van der Waals surface area contributed by atoms with Crippen LogP contribution in [0.3, 0.4) is 0 Å². The lowest BCUT2D eigenvalue weighted by Crippen LogP contribution is -2.23. The molecule has 0 aliphatic heterocycles. The quantitative estimate of drug-likeness (QED) is 0.557. The molecule has 0 saturated carbocycles. The van der Waals surface area contributed by atoms with Crippen molar-refractivity contribution in [1.82, 2.24) is 5.32 Å². The lowest BCUT2D eigenvalue weighted by Gasteiger charge is -2.22. The fourth-order valence-electron chi connectivity index (χ4n) is 2.21. The van der Waals surface area contributed by atoms with Gasteiger partial charge in [0.25, 0.3) is 0 Å². The summed E-state index contributed by atoms with van der Waals surface area (Å²) in [6, 6.07) is 9.74. The van der Waals surface area contributed by atoms with Gasteiger partial charge in [0.15, 0.2) is 0 Å². The van der Waals surface area contributed by atoms with Crippen LogP contribution >= 0.6 is 55.1 Å². The Kier molecular flexibility index (Phi) is 6.15. The van der Waals surface area contributed by atoms with Crippen LogP contribution < -0.4 is 5.32 Å². The normalized spacial score (nSPS) is 12.5. The van der Waals surface area contributed by atoms with Crippen LogP contribution in [0.5, 0.6) is 0 Å². The molecule has 0 heterocycles. The average Bonchev–Trinajstić information content (AvgIpc) is 2.43. The van der Waals surface area contributed by atoms with Crippen LogP contribution in [0.1, 0.15) is 29.7 Å². The Morgan fingerprint density at radius 3 is 2.43 bits per heavy atom. The molecule has 0 bridgehead atoms. The zero-order chi connectivity index (χ0) is 15.6. The van der Waals surface area contributed by atoms with Crippen LogP contribution in [0, 0.1) is 6.92 Å². The van der Waals surface area contributed by atoms with E-state index in [1.165, 1.54) is 5.56 Å². The highest BCUT2D eigenvalue weighted by Gasteiger charge is 2.20. The van der Waals surface area contributed by atoms with Gasteiger partial charge in [-0.2, -0.15) is 0 Å². The Labute approximate surface area is 152 Å². The van der Waals surface area contributed by atoms with E-state index in [0.717, 1.165) is 26.6 Å². The standard InChI is InChI=1S/C16H15Br2Cl2N/c1-3-21-16(12-7-10(19)4-5-15(12)20)11-8-13(17)9(2)6-14(11)18/h4-8,16,21H,3H2,1-2H3. The Morgan fingerprint density at radius 1 is 1.05 bits per heavy atom. The minimum atomic E-state index is -0.0209. The summed E-state index contributed by atoms with van der Waals surface area (Å²) in [5, 5.41) is 4.86. The zero-order valence-electron chi connectivity index (χ0n) is 11.7. The SMILES string of the molecule is CCNC(c1cc(Cl)ccc1Cl)c1cc(Br)c(C)cc1Br. The molecule has 0 aromatic heterocycles. The molecule has 0 amide bonds. The number of rotatable bonds is 4. The molecule has 0 spiro atoms. The maximum atomic E-state index is 6.37. The van der Waals surface area contributed by atoms with Gasteiger partial charge in [0.1, 0.15) is 0 Å². The van der Waals surface area contributed by atoms with Crippen molar-refractivity contribution in [2.45, 2.75) is 19.9 Å². The summed E-state index contributed by atoms with van der Waals surface area (Å²) in [5.74, 6) is 0. The van der Waals surface area contributed by atoms with E-state index >= 15 is 0 Å². The van der Waals surface area contributed by atoms with Crippen molar-refractivity contribution in [1.29, 1.82) is 0 Å². The molecule has 0 fully saturated rings. The first-order valence-corrected chi connectivity index (χ1v) is 8.92. The van der Waals surface area contributed by atoms with Crippen LogP contribution in [0.25, 0.3) is 0 Å². The number of aryl methyl sites for hydroxylation is 1. The van der Waals surface area contributed by atoms with Gasteiger partial charge in [0, 0.05) is 19.0 Å². The van der Waals surface area contributed by atoms with Gasteiger partial charge in [-0.05, 0) is 60.5 Å². The van der Waals surface area contributed by atoms with E-state index in [9.17, 15) is 0 Å². The minimum absolute atomic E-state index is 0.0209. The average molecular weight is 452 g/mol. The number of halogens is 4. The topological polar surface area (TPSA) is 12.0 Å². The molecule has 0 aliphatic rings. The number of nitrogens with one attached hydrogen (secondary N) is 1. The summed E-state index contributed by atoms with van der Waals surface area (Å²) >= 11 is 19.8. The van der Waals surface area contributed by atoms with E-state index in [2.05, 4.69) is 63.2 Å². The second-order valence-electron chi connectivity index (χ2n) is 4.78. The highest BCUT2D eigenvalue weighted by atomic mass is 79.9. The van der Waals surface area contributed by atoms with Crippen LogP contribution in [0.4, 0.5) is 0 Å². The Balaban J connectivity index is 2.58. The maximum Gasteiger partial charge on any atom is 0.0603 e. The van der Waals surface area contributed by atoms with Gasteiger partial charge in [-0.25, -0.2) is 0 Å². The van der Waals surface area contributed by atoms with Crippen molar-refractivity contribution < 1.29 is 0 Å². The first-order valence-electron chi connectivity index (χ1n) is 6.58. The molecular formula is C16H15Br2Cl2N. The Bertz CT molecular complexity index is 659. The monoisotopic (exact) mass is 449 g/mol. The number of benzene rings is 2. The number of hydrogen-bond acceptors (Lipinski definition) is 1. The van der Waals surface area contributed by atoms with E-state index in [-0.39, 0.29) is 6.04 Å². The lowest BCUT2D eigenvalue weighted by molar-refractivity contribution is 0.628. The molecule has 1 atom stereocenters. The third-order valence-corrected chi connectivity index (χ3v) is 5.39. The Morgan fingerprint density at radius 2 is 1.76 bits per heavy atom. The highest BCUT2D eigenvalue weighted by Crippen LogP contribution is 2.36. The molecule has 5 heteroatoms. The fraction of sp³-hybridized carbons (Fsp3) is 0.250. The summed E-state index contributed by atoms with van der Waals surface area (Å²) in [6.07, 6.45) is 0. The Hall–Kier alpha value is -0.0600. The molecule has 0 aliphatic carbocycles. The molecule has 0 saturated heterocycles. The predicted octanol–water partition coefficient (Wildman–Crippen LogP) is 6.53. The summed E-state index contributed by atoms with van der Waals surface area (Å²) in [5.41, 5.74) is 3.28. The summed E-state index contributed by atoms with van der Waals surface area (Å²) in [4.78, 5) is 0. The first kappa shape index (κ1) is 17.3. The predicted molar refractivity (Wildman–Crippen MR) is 98.6 cm³/mol. The van der Waals surface area contributed by atoms with Crippen molar-refractivity contribution in [2.75, 3.05) is 6.54 Å². The first-order chi connectivity index (χ1) is 9.93. The number of hydrogen-bond donors (Lipinski definition) is 1. The van der Waals surface area contributed by atoms with Crippen LogP contribution in [0.2, 0.25) is 10.0 Å². The molecule has 2 aromatic carbocycles. The second-order valence-corrected chi connectivity index (χ2v) is 7.33. The van der Waals surface area contributed by atoms with Crippen LogP contribution in [-0.4, -0.2) is 6.54 Å². The highest BCUT2D eigenvalue weighted by molar-refractivity contribution is 9.11. The van der Waals surface area contributed by atoms with Gasteiger partial charge in [-0.1, -0.05) is 62.0 Å². The molecule has 2 rings (SSSR count). The van der Waals surface area contributed by atoms with Gasteiger partial charge in [0.2, 0.25) is 0 Å². The van der Waals surface area contributed by atoms with E-state index in [0.29, 0.717) is 10.0 Å². The third kappa shape index (κ3) is 4.02. The minimum Gasteiger partial charge on any atom is -0.306 e. The molecule has 1 N–H and O–H groups in total. The van der Waals surface area contributed by atoms with Crippen LogP contribution in [0.15, 0.2) is 39.3 Å². The van der Waals surface area contributed by atoms with E-state index in [1.807, 2.05) is 12.1 Å². The van der Waals surface area contributed by atoms with E-state index in [1.54, 1.807) is 6.07 Å². The van der Waals surface area contributed by atoms with Gasteiger partial charge in [-0.15, -0.1) is 0 Å². The third-order valence-electron chi connectivity index (χ3n) is 3.27. The van der Waals surface area contributed by atoms with E-state index < -0.39 is 0 Å². The van der Waals surface area contributed by atoms with Crippen molar-refractivity contribution in [2.24, 2.45) is 0 Å². The molecular weight excluding hydrogens is 437 g/mol. The van der Waals surface area contributed by atoms with Crippen LogP contribution in [-0.2, 0) is 0 Å². The van der Waals surface area contributed by atoms with Gasteiger partial charge in [0.05, 0.1) is 6.04 Å². The smallest absolute Gasteiger partial charge is 0.0603 e. The zero-order valence-corrected chi connectivity index (χ0v) is 16.4. The van der Waals surface area contributed by atoms with E-state index in [4.69, 9.17) is 23.2 Å². The second kappa shape index (κ2) is 7.47. The lowest BCUT2D eigenvalue weighted by atomic mass is 9.97. The van der Waals surface area contributed by atoms with Gasteiger partial charge >= 0.3 is 0 Å². The molecule has 1 unspecified atom stereocenters. The fourth-order valence-corrected chi connectivity index (χ4v) is 3.67. The van der Waals surface area contributed by atoms with Crippen molar-refractivity contribution in [3.05, 3.63) is 66.0 Å². The summed E-state index contributed by atoms with van der Waals surface area (Å²) < 4.78 is 2.12. The van der Waals surface area contributed by atoms with Crippen molar-refractivity contribution in [3.8, 4) is 0 Å². The van der Waals surface area contributed by atoms with Crippen molar-refractivity contribution >= 4 is 55.1 Å². The molecule has 21 heavy (non-hydrogen) atoms. The molecule has 0 radical (unpaired) electrons.